The summed E-state index contributed by atoms with van der Waals surface area (Å²) < 4.78 is 4.32. The normalized spacial score (nSPS) is 10.8. The van der Waals surface area contributed by atoms with E-state index >= 15 is 0 Å². The monoisotopic (exact) mass is 405 g/mol. The van der Waals surface area contributed by atoms with E-state index in [2.05, 4.69) is 24.9 Å². The molecule has 2 heterocycles. The largest absolute Gasteiger partial charge is 0.366 e. The third kappa shape index (κ3) is 3.60. The molecule has 0 aliphatic rings. The highest BCUT2D eigenvalue weighted by Gasteiger charge is 2.19. The highest BCUT2D eigenvalue weighted by Crippen LogP contribution is 2.32. The average Bonchev–Trinajstić information content (AvgIpc) is 3.16. The number of anilines is 1. The summed E-state index contributed by atoms with van der Waals surface area (Å²) in [4.78, 5) is 28.4. The molecule has 9 nitrogen and oxygen atoms in total. The van der Waals surface area contributed by atoms with Crippen LogP contribution in [0.15, 0.2) is 48.5 Å². The summed E-state index contributed by atoms with van der Waals surface area (Å²) >= 11 is 1.12. The third-order valence-electron chi connectivity index (χ3n) is 4.20. The Kier molecular flexibility index (Phi) is 4.83. The van der Waals surface area contributed by atoms with E-state index in [9.17, 15) is 9.59 Å². The number of carbonyl (C=O) groups is 2. The lowest BCUT2D eigenvalue weighted by Gasteiger charge is -2.09. The van der Waals surface area contributed by atoms with Crippen molar-refractivity contribution in [1.29, 1.82) is 0 Å². The quantitative estimate of drug-likeness (QED) is 0.444. The Morgan fingerprint density at radius 2 is 1.76 bits per heavy atom. The van der Waals surface area contributed by atoms with Crippen LogP contribution in [0.25, 0.3) is 21.6 Å². The minimum Gasteiger partial charge on any atom is -0.366 e. The molecule has 4 aromatic rings. The maximum atomic E-state index is 11.7. The number of carbonyl (C=O) groups excluding carboxylic acids is 2. The first-order chi connectivity index (χ1) is 14.0. The molecule has 4 rings (SSSR count). The lowest BCUT2D eigenvalue weighted by Crippen LogP contribution is -2.19. The molecule has 0 saturated carbocycles. The Morgan fingerprint density at radius 3 is 2.48 bits per heavy atom. The van der Waals surface area contributed by atoms with Crippen LogP contribution in [0, 0.1) is 0 Å². The SMILES string of the molecule is NC(=O)c1nnc(-c2snc3c(C(N)=O)cccc23)nc1NCc1ccccc1. The van der Waals surface area contributed by atoms with Gasteiger partial charge >= 0.3 is 0 Å². The van der Waals surface area contributed by atoms with E-state index in [0.29, 0.717) is 27.9 Å². The number of nitrogens with zero attached hydrogens (tertiary/aromatic N) is 4. The molecule has 0 atom stereocenters. The van der Waals surface area contributed by atoms with Gasteiger partial charge in [0.25, 0.3) is 11.8 Å². The Morgan fingerprint density at radius 1 is 0.966 bits per heavy atom. The van der Waals surface area contributed by atoms with Gasteiger partial charge in [0.05, 0.1) is 11.1 Å². The van der Waals surface area contributed by atoms with Crippen LogP contribution in [0.4, 0.5) is 5.82 Å². The van der Waals surface area contributed by atoms with Gasteiger partial charge in [-0.1, -0.05) is 42.5 Å². The van der Waals surface area contributed by atoms with Gasteiger partial charge < -0.3 is 16.8 Å². The lowest BCUT2D eigenvalue weighted by atomic mass is 10.1. The molecule has 0 aliphatic carbocycles. The maximum Gasteiger partial charge on any atom is 0.273 e. The molecule has 0 bridgehead atoms. The maximum absolute atomic E-state index is 11.7. The van der Waals surface area contributed by atoms with Gasteiger partial charge in [0.15, 0.2) is 17.3 Å². The molecule has 2 aromatic heterocycles. The zero-order chi connectivity index (χ0) is 20.4. The Labute approximate surface area is 169 Å². The van der Waals surface area contributed by atoms with Crippen molar-refractivity contribution in [2.45, 2.75) is 6.54 Å². The van der Waals surface area contributed by atoms with Crippen molar-refractivity contribution in [3.63, 3.8) is 0 Å². The summed E-state index contributed by atoms with van der Waals surface area (Å²) in [5, 5.41) is 11.7. The molecular weight excluding hydrogens is 390 g/mol. The number of nitrogens with two attached hydrogens (primary N) is 2. The molecule has 2 aromatic carbocycles. The van der Waals surface area contributed by atoms with Crippen LogP contribution in [0.3, 0.4) is 0 Å². The first-order valence-electron chi connectivity index (χ1n) is 8.55. The van der Waals surface area contributed by atoms with E-state index in [4.69, 9.17) is 11.5 Å². The molecule has 29 heavy (non-hydrogen) atoms. The van der Waals surface area contributed by atoms with Crippen LogP contribution in [0.5, 0.6) is 0 Å². The molecular formula is C19H15N7O2S. The summed E-state index contributed by atoms with van der Waals surface area (Å²) in [5.74, 6) is -0.822. The Bertz CT molecular complexity index is 1220. The number of fused-ring (bicyclic) bond motifs is 1. The summed E-state index contributed by atoms with van der Waals surface area (Å²) in [7, 11) is 0. The Balaban J connectivity index is 1.75. The number of amides is 2. The van der Waals surface area contributed by atoms with E-state index in [1.165, 1.54) is 0 Å². The van der Waals surface area contributed by atoms with Crippen molar-refractivity contribution in [2.75, 3.05) is 5.32 Å². The third-order valence-corrected chi connectivity index (χ3v) is 5.06. The molecule has 144 valence electrons. The van der Waals surface area contributed by atoms with Crippen molar-refractivity contribution in [3.8, 4) is 10.7 Å². The summed E-state index contributed by atoms with van der Waals surface area (Å²) in [6.45, 7) is 0.425. The number of rotatable bonds is 6. The van der Waals surface area contributed by atoms with Crippen molar-refractivity contribution >= 4 is 40.1 Å². The molecule has 0 radical (unpaired) electrons. The van der Waals surface area contributed by atoms with Gasteiger partial charge in [-0.15, -0.1) is 10.2 Å². The minimum absolute atomic E-state index is 0.0590. The number of benzene rings is 2. The molecule has 0 unspecified atom stereocenters. The fourth-order valence-electron chi connectivity index (χ4n) is 2.82. The molecule has 2 amide bonds. The summed E-state index contributed by atoms with van der Waals surface area (Å²) in [6, 6.07) is 14.7. The molecule has 0 spiro atoms. The average molecular weight is 405 g/mol. The topological polar surface area (TPSA) is 150 Å². The van der Waals surface area contributed by atoms with E-state index in [1.807, 2.05) is 30.3 Å². The molecule has 0 saturated heterocycles. The second-order valence-corrected chi connectivity index (χ2v) is 6.89. The zero-order valence-electron chi connectivity index (χ0n) is 15.0. The van der Waals surface area contributed by atoms with Gasteiger partial charge in [-0.25, -0.2) is 4.98 Å². The van der Waals surface area contributed by atoms with E-state index < -0.39 is 11.8 Å². The second-order valence-electron chi connectivity index (χ2n) is 6.11. The van der Waals surface area contributed by atoms with Crippen LogP contribution in [0.1, 0.15) is 26.4 Å². The second kappa shape index (κ2) is 7.60. The van der Waals surface area contributed by atoms with Gasteiger partial charge in [-0.05, 0) is 23.2 Å². The van der Waals surface area contributed by atoms with Crippen molar-refractivity contribution in [2.24, 2.45) is 11.5 Å². The van der Waals surface area contributed by atoms with Gasteiger partial charge in [-0.2, -0.15) is 4.37 Å². The molecule has 10 heteroatoms. The molecule has 0 fully saturated rings. The van der Waals surface area contributed by atoms with Gasteiger partial charge in [-0.3, -0.25) is 9.59 Å². The molecule has 5 N–H and O–H groups in total. The van der Waals surface area contributed by atoms with Crippen LogP contribution >= 0.6 is 11.5 Å². The predicted octanol–water partition coefficient (Wildman–Crippen LogP) is 1.96. The number of primary amides is 2. The molecule has 0 aliphatic heterocycles. The van der Waals surface area contributed by atoms with E-state index in [-0.39, 0.29) is 17.3 Å². The first kappa shape index (κ1) is 18.4. The van der Waals surface area contributed by atoms with Crippen molar-refractivity contribution < 1.29 is 9.59 Å². The van der Waals surface area contributed by atoms with Crippen LogP contribution in [-0.2, 0) is 6.54 Å². The lowest BCUT2D eigenvalue weighted by molar-refractivity contribution is 0.0989. The highest BCUT2D eigenvalue weighted by molar-refractivity contribution is 7.11. The van der Waals surface area contributed by atoms with E-state index in [1.54, 1.807) is 18.2 Å². The smallest absolute Gasteiger partial charge is 0.273 e. The fourth-order valence-corrected chi connectivity index (χ4v) is 3.63. The number of aromatic nitrogens is 4. The van der Waals surface area contributed by atoms with Crippen LogP contribution < -0.4 is 16.8 Å². The standard InChI is InChI=1S/C19H15N7O2S/c20-16(27)12-8-4-7-11-13(12)26-29-15(11)19-23-18(14(17(21)28)24-25-19)22-9-10-5-2-1-3-6-10/h1-8H,9H2,(H2,20,27)(H2,21,28)(H,22,23,25). The fraction of sp³-hybridized carbons (Fsp3) is 0.0526. The van der Waals surface area contributed by atoms with Crippen LogP contribution in [0.2, 0.25) is 0 Å². The summed E-state index contributed by atoms with van der Waals surface area (Å²) in [5.41, 5.74) is 12.6. The van der Waals surface area contributed by atoms with Gasteiger partial charge in [0.2, 0.25) is 0 Å². The number of nitrogens with one attached hydrogen (secondary N) is 1. The predicted molar refractivity (Wildman–Crippen MR) is 109 cm³/mol. The van der Waals surface area contributed by atoms with Crippen molar-refractivity contribution in [1.82, 2.24) is 19.6 Å². The van der Waals surface area contributed by atoms with Crippen molar-refractivity contribution in [3.05, 3.63) is 65.4 Å². The first-order valence-corrected chi connectivity index (χ1v) is 9.33. The van der Waals surface area contributed by atoms with Gasteiger partial charge in [0.1, 0.15) is 4.88 Å². The van der Waals surface area contributed by atoms with E-state index in [0.717, 1.165) is 17.1 Å². The Hall–Kier alpha value is -3.92. The number of hydrogen-bond donors (Lipinski definition) is 3. The van der Waals surface area contributed by atoms with Crippen LogP contribution in [-0.4, -0.2) is 31.4 Å². The highest BCUT2D eigenvalue weighted by atomic mass is 32.1. The number of hydrogen-bond acceptors (Lipinski definition) is 8. The van der Waals surface area contributed by atoms with Gasteiger partial charge in [0, 0.05) is 11.9 Å². The summed E-state index contributed by atoms with van der Waals surface area (Å²) in [6.07, 6.45) is 0. The minimum atomic E-state index is -0.739. The zero-order valence-corrected chi connectivity index (χ0v) is 15.8.